The topological polar surface area (TPSA) is 79.3 Å². The third-order valence-electron chi connectivity index (χ3n) is 7.10. The SMILES string of the molecule is Cc1cccc(COc2ccc(/C(O)=C3\C(=O)C(=O)N(CCN4CCOCC4)C3c3ccc(I)cc3)cc2)c1. The average Bonchev–Trinajstić information content (AvgIpc) is 3.21. The van der Waals surface area contributed by atoms with E-state index >= 15 is 0 Å². The van der Waals surface area contributed by atoms with Crippen LogP contribution in [0.5, 0.6) is 5.75 Å². The number of morpholine rings is 1. The maximum atomic E-state index is 13.3. The molecule has 0 bridgehead atoms. The van der Waals surface area contributed by atoms with Gasteiger partial charge >= 0.3 is 0 Å². The summed E-state index contributed by atoms with van der Waals surface area (Å²) >= 11 is 2.22. The summed E-state index contributed by atoms with van der Waals surface area (Å²) in [5, 5.41) is 11.4. The highest BCUT2D eigenvalue weighted by Crippen LogP contribution is 2.39. The number of aliphatic hydroxyl groups excluding tert-OH is 1. The van der Waals surface area contributed by atoms with E-state index in [1.54, 1.807) is 29.2 Å². The highest BCUT2D eigenvalue weighted by molar-refractivity contribution is 14.1. The lowest BCUT2D eigenvalue weighted by molar-refractivity contribution is -0.140. The van der Waals surface area contributed by atoms with Crippen molar-refractivity contribution in [3.05, 3.63) is 104 Å². The Labute approximate surface area is 242 Å². The number of aliphatic hydroxyl groups is 1. The summed E-state index contributed by atoms with van der Waals surface area (Å²) < 4.78 is 12.4. The van der Waals surface area contributed by atoms with Crippen LogP contribution in [0.25, 0.3) is 5.76 Å². The number of hydrogen-bond donors (Lipinski definition) is 1. The number of carbonyl (C=O) groups excluding carboxylic acids is 2. The van der Waals surface area contributed by atoms with E-state index < -0.39 is 17.7 Å². The van der Waals surface area contributed by atoms with E-state index in [1.807, 2.05) is 49.4 Å². The lowest BCUT2D eigenvalue weighted by Crippen LogP contribution is -2.42. The van der Waals surface area contributed by atoms with Crippen molar-refractivity contribution in [1.82, 2.24) is 9.80 Å². The number of benzene rings is 3. The third kappa shape index (κ3) is 6.34. The molecule has 1 unspecified atom stereocenters. The predicted molar refractivity (Wildman–Crippen MR) is 157 cm³/mol. The molecular formula is C31H31IN2O5. The molecule has 0 spiro atoms. The summed E-state index contributed by atoms with van der Waals surface area (Å²) in [5.74, 6) is -0.798. The minimum Gasteiger partial charge on any atom is -0.507 e. The smallest absolute Gasteiger partial charge is 0.295 e. The largest absolute Gasteiger partial charge is 0.507 e. The number of carbonyl (C=O) groups is 2. The molecule has 1 N–H and O–H groups in total. The number of Topliss-reactive ketones (excluding diaryl/α,β-unsaturated/α-hetero) is 1. The Morgan fingerprint density at radius 3 is 2.41 bits per heavy atom. The Kier molecular flexibility index (Phi) is 8.64. The monoisotopic (exact) mass is 638 g/mol. The zero-order chi connectivity index (χ0) is 27.4. The fourth-order valence-corrected chi connectivity index (χ4v) is 5.37. The van der Waals surface area contributed by atoms with Crippen LogP contribution >= 0.6 is 22.6 Å². The second-order valence-electron chi connectivity index (χ2n) is 9.80. The standard InChI is InChI=1S/C31H31IN2O5/c1-21-3-2-4-22(19-21)20-39-26-11-7-24(8-12-26)29(35)27-28(23-5-9-25(32)10-6-23)34(31(37)30(27)36)14-13-33-15-17-38-18-16-33/h2-12,19,28,35H,13-18,20H2,1H3/b29-27+. The zero-order valence-electron chi connectivity index (χ0n) is 21.8. The van der Waals surface area contributed by atoms with Gasteiger partial charge in [0.1, 0.15) is 18.1 Å². The van der Waals surface area contributed by atoms with Crippen molar-refractivity contribution >= 4 is 40.0 Å². The Hall–Kier alpha value is -3.21. The molecular weight excluding hydrogens is 607 g/mol. The van der Waals surface area contributed by atoms with Crippen LogP contribution in [0.3, 0.4) is 0 Å². The first-order valence-electron chi connectivity index (χ1n) is 13.0. The molecule has 0 saturated carbocycles. The zero-order valence-corrected chi connectivity index (χ0v) is 24.0. The summed E-state index contributed by atoms with van der Waals surface area (Å²) in [6.07, 6.45) is 0. The molecule has 2 aliphatic heterocycles. The second kappa shape index (κ2) is 12.3. The van der Waals surface area contributed by atoms with E-state index in [2.05, 4.69) is 33.6 Å². The number of nitrogens with zero attached hydrogens (tertiary/aromatic N) is 2. The van der Waals surface area contributed by atoms with Gasteiger partial charge in [0.2, 0.25) is 0 Å². The van der Waals surface area contributed by atoms with Crippen LogP contribution in [0.2, 0.25) is 0 Å². The third-order valence-corrected chi connectivity index (χ3v) is 7.82. The average molecular weight is 639 g/mol. The molecule has 2 saturated heterocycles. The Morgan fingerprint density at radius 2 is 1.72 bits per heavy atom. The van der Waals surface area contributed by atoms with E-state index in [0.29, 0.717) is 44.2 Å². The Balaban J connectivity index is 1.41. The molecule has 202 valence electrons. The molecule has 2 aliphatic rings. The number of aryl methyl sites for hydroxylation is 1. The molecule has 0 radical (unpaired) electrons. The fourth-order valence-electron chi connectivity index (χ4n) is 5.01. The molecule has 7 nitrogen and oxygen atoms in total. The van der Waals surface area contributed by atoms with Crippen molar-refractivity contribution < 1.29 is 24.2 Å². The van der Waals surface area contributed by atoms with Gasteiger partial charge in [0, 0.05) is 35.3 Å². The fraction of sp³-hybridized carbons (Fsp3) is 0.290. The van der Waals surface area contributed by atoms with Gasteiger partial charge in [-0.25, -0.2) is 0 Å². The number of hydrogen-bond acceptors (Lipinski definition) is 6. The lowest BCUT2D eigenvalue weighted by atomic mass is 9.95. The van der Waals surface area contributed by atoms with Gasteiger partial charge in [-0.05, 0) is 77.0 Å². The molecule has 39 heavy (non-hydrogen) atoms. The number of ether oxygens (including phenoxy) is 2. The van der Waals surface area contributed by atoms with Crippen LogP contribution in [0.1, 0.15) is 28.3 Å². The van der Waals surface area contributed by atoms with Crippen molar-refractivity contribution in [3.63, 3.8) is 0 Å². The number of likely N-dealkylation sites (tertiary alicyclic amines) is 1. The van der Waals surface area contributed by atoms with Crippen LogP contribution in [-0.2, 0) is 20.9 Å². The van der Waals surface area contributed by atoms with E-state index in [1.165, 1.54) is 5.56 Å². The van der Waals surface area contributed by atoms with Crippen molar-refractivity contribution in [3.8, 4) is 5.75 Å². The van der Waals surface area contributed by atoms with Crippen molar-refractivity contribution in [2.45, 2.75) is 19.6 Å². The Bertz CT molecular complexity index is 1360. The van der Waals surface area contributed by atoms with Crippen LogP contribution < -0.4 is 4.74 Å². The first kappa shape index (κ1) is 27.4. The minimum atomic E-state index is -0.669. The number of ketones is 1. The van der Waals surface area contributed by atoms with Crippen molar-refractivity contribution in [2.75, 3.05) is 39.4 Å². The lowest BCUT2D eigenvalue weighted by Gasteiger charge is -2.31. The highest BCUT2D eigenvalue weighted by atomic mass is 127. The van der Waals surface area contributed by atoms with E-state index in [4.69, 9.17) is 9.47 Å². The molecule has 1 amide bonds. The van der Waals surface area contributed by atoms with Crippen LogP contribution in [-0.4, -0.2) is 66.0 Å². The molecule has 0 aromatic heterocycles. The van der Waals surface area contributed by atoms with Gasteiger partial charge in [0.25, 0.3) is 11.7 Å². The molecule has 2 fully saturated rings. The molecule has 3 aromatic carbocycles. The first-order chi connectivity index (χ1) is 18.9. The predicted octanol–water partition coefficient (Wildman–Crippen LogP) is 4.93. The van der Waals surface area contributed by atoms with Crippen LogP contribution in [0.4, 0.5) is 0 Å². The first-order valence-corrected chi connectivity index (χ1v) is 14.1. The summed E-state index contributed by atoms with van der Waals surface area (Å²) in [4.78, 5) is 30.4. The summed E-state index contributed by atoms with van der Waals surface area (Å²) in [6.45, 7) is 6.36. The number of rotatable bonds is 8. The summed E-state index contributed by atoms with van der Waals surface area (Å²) in [6, 6.07) is 22.1. The number of halogens is 1. The molecule has 2 heterocycles. The van der Waals surface area contributed by atoms with Crippen molar-refractivity contribution in [2.24, 2.45) is 0 Å². The van der Waals surface area contributed by atoms with Gasteiger partial charge in [-0.3, -0.25) is 14.5 Å². The minimum absolute atomic E-state index is 0.108. The van der Waals surface area contributed by atoms with Gasteiger partial charge < -0.3 is 19.5 Å². The molecule has 5 rings (SSSR count). The quantitative estimate of drug-likeness (QED) is 0.163. The summed E-state index contributed by atoms with van der Waals surface area (Å²) in [5.41, 5.74) is 3.59. The molecule has 8 heteroatoms. The van der Waals surface area contributed by atoms with Gasteiger partial charge in [-0.1, -0.05) is 42.0 Å². The Morgan fingerprint density at radius 1 is 1.00 bits per heavy atom. The van der Waals surface area contributed by atoms with E-state index in [-0.39, 0.29) is 11.3 Å². The van der Waals surface area contributed by atoms with Gasteiger partial charge in [0.15, 0.2) is 0 Å². The maximum Gasteiger partial charge on any atom is 0.295 e. The van der Waals surface area contributed by atoms with Crippen molar-refractivity contribution in [1.29, 1.82) is 0 Å². The molecule has 3 aromatic rings. The van der Waals surface area contributed by atoms with Crippen LogP contribution in [0.15, 0.2) is 78.4 Å². The highest BCUT2D eigenvalue weighted by Gasteiger charge is 2.46. The van der Waals surface area contributed by atoms with Gasteiger partial charge in [-0.15, -0.1) is 0 Å². The van der Waals surface area contributed by atoms with E-state index in [0.717, 1.165) is 27.8 Å². The summed E-state index contributed by atoms with van der Waals surface area (Å²) in [7, 11) is 0. The van der Waals surface area contributed by atoms with Gasteiger partial charge in [0.05, 0.1) is 24.8 Å². The normalized spacial score (nSPS) is 19.4. The maximum absolute atomic E-state index is 13.3. The van der Waals surface area contributed by atoms with Gasteiger partial charge in [-0.2, -0.15) is 0 Å². The number of amides is 1. The van der Waals surface area contributed by atoms with Crippen LogP contribution in [0, 0.1) is 10.5 Å². The molecule has 0 aliphatic carbocycles. The van der Waals surface area contributed by atoms with E-state index in [9.17, 15) is 14.7 Å². The molecule has 1 atom stereocenters. The second-order valence-corrected chi connectivity index (χ2v) is 11.0.